The molecule has 0 radical (unpaired) electrons. The predicted molar refractivity (Wildman–Crippen MR) is 83.6 cm³/mol. The van der Waals surface area contributed by atoms with Gasteiger partial charge in [-0.05, 0) is 27.7 Å². The van der Waals surface area contributed by atoms with Gasteiger partial charge in [0, 0.05) is 0 Å². The lowest BCUT2D eigenvalue weighted by Crippen LogP contribution is -2.32. The van der Waals surface area contributed by atoms with E-state index in [0.717, 1.165) is 11.3 Å². The smallest absolute Gasteiger partial charge is 0.408 e. The van der Waals surface area contributed by atoms with Crippen molar-refractivity contribution in [1.82, 2.24) is 10.3 Å². The lowest BCUT2D eigenvalue weighted by Gasteiger charge is -2.18. The Balaban J connectivity index is 2.65. The number of carbonyl (C=O) groups excluding carboxylic acids is 2. The van der Waals surface area contributed by atoms with Crippen LogP contribution in [-0.2, 0) is 9.47 Å². The van der Waals surface area contributed by atoms with Crippen LogP contribution in [0.4, 0.5) is 9.93 Å². The number of hydrogen-bond acceptors (Lipinski definition) is 7. The van der Waals surface area contributed by atoms with Gasteiger partial charge in [0.2, 0.25) is 0 Å². The summed E-state index contributed by atoms with van der Waals surface area (Å²) in [6, 6.07) is 0. The van der Waals surface area contributed by atoms with Crippen LogP contribution in [0.3, 0.4) is 0 Å². The first-order valence-electron chi connectivity index (χ1n) is 6.62. The van der Waals surface area contributed by atoms with Gasteiger partial charge < -0.3 is 20.5 Å². The molecule has 120 valence electrons. The van der Waals surface area contributed by atoms with E-state index in [-0.39, 0.29) is 24.0 Å². The van der Waals surface area contributed by atoms with Gasteiger partial charge in [-0.25, -0.2) is 14.6 Å². The topological polar surface area (TPSA) is 104 Å². The third-order valence-corrected chi connectivity index (χ3v) is 2.83. The summed E-state index contributed by atoms with van der Waals surface area (Å²) in [5.74, 6) is 4.89. The van der Waals surface area contributed by atoms with Gasteiger partial charge in [-0.3, -0.25) is 0 Å². The summed E-state index contributed by atoms with van der Waals surface area (Å²) in [6.07, 6.45) is -0.559. The van der Waals surface area contributed by atoms with Crippen LogP contribution in [0.25, 0.3) is 0 Å². The molecule has 1 heterocycles. The van der Waals surface area contributed by atoms with Gasteiger partial charge in [0.15, 0.2) is 10.8 Å². The van der Waals surface area contributed by atoms with E-state index in [1.807, 2.05) is 0 Å². The van der Waals surface area contributed by atoms with Crippen LogP contribution in [-0.4, -0.2) is 35.8 Å². The van der Waals surface area contributed by atoms with Crippen molar-refractivity contribution in [2.24, 2.45) is 0 Å². The van der Waals surface area contributed by atoms with Crippen LogP contribution in [0.1, 0.15) is 43.1 Å². The standard InChI is InChI=1S/C14H19N3O4S/c1-5-20-11(18)10-9(22-12(15)17-10)7-6-8-16-13(19)21-14(2,3)4/h5,8H2,1-4H3,(H2,15,17)(H,16,19). The van der Waals surface area contributed by atoms with Gasteiger partial charge in [0.05, 0.1) is 13.2 Å². The van der Waals surface area contributed by atoms with Gasteiger partial charge >= 0.3 is 12.1 Å². The fourth-order valence-electron chi connectivity index (χ4n) is 1.31. The number of aromatic nitrogens is 1. The first kappa shape index (κ1) is 17.8. The fraction of sp³-hybridized carbons (Fsp3) is 0.500. The highest BCUT2D eigenvalue weighted by molar-refractivity contribution is 7.16. The summed E-state index contributed by atoms with van der Waals surface area (Å²) in [4.78, 5) is 27.4. The number of alkyl carbamates (subject to hydrolysis) is 1. The highest BCUT2D eigenvalue weighted by Crippen LogP contribution is 2.20. The number of nitrogens with zero attached hydrogens (tertiary/aromatic N) is 1. The lowest BCUT2D eigenvalue weighted by molar-refractivity contribution is 0.0514. The van der Waals surface area contributed by atoms with E-state index in [9.17, 15) is 9.59 Å². The molecule has 0 aliphatic heterocycles. The van der Waals surface area contributed by atoms with E-state index in [1.165, 1.54) is 0 Å². The average molecular weight is 325 g/mol. The number of rotatable bonds is 3. The molecule has 0 bridgehead atoms. The molecule has 1 amide bonds. The number of ether oxygens (including phenoxy) is 2. The minimum atomic E-state index is -0.570. The number of esters is 1. The number of carbonyl (C=O) groups is 2. The van der Waals surface area contributed by atoms with E-state index in [0.29, 0.717) is 4.88 Å². The number of hydrogen-bond donors (Lipinski definition) is 2. The van der Waals surface area contributed by atoms with Crippen LogP contribution in [0.15, 0.2) is 0 Å². The van der Waals surface area contributed by atoms with Crippen molar-refractivity contribution in [2.75, 3.05) is 18.9 Å². The summed E-state index contributed by atoms with van der Waals surface area (Å²) in [7, 11) is 0. The Hall–Kier alpha value is -2.27. The first-order valence-corrected chi connectivity index (χ1v) is 7.43. The van der Waals surface area contributed by atoms with E-state index >= 15 is 0 Å². The summed E-state index contributed by atoms with van der Waals surface area (Å²) < 4.78 is 9.94. The fourth-order valence-corrected chi connectivity index (χ4v) is 2.01. The van der Waals surface area contributed by atoms with Crippen LogP contribution in [0.2, 0.25) is 0 Å². The molecule has 3 N–H and O–H groups in total. The van der Waals surface area contributed by atoms with Crippen molar-refractivity contribution in [1.29, 1.82) is 0 Å². The minimum absolute atomic E-state index is 0.0784. The molecule has 22 heavy (non-hydrogen) atoms. The Kier molecular flexibility index (Phi) is 6.19. The second-order valence-electron chi connectivity index (χ2n) is 5.11. The van der Waals surface area contributed by atoms with E-state index in [1.54, 1.807) is 27.7 Å². The maximum Gasteiger partial charge on any atom is 0.408 e. The second kappa shape index (κ2) is 7.66. The second-order valence-corrected chi connectivity index (χ2v) is 6.14. The predicted octanol–water partition coefficient (Wildman–Crippen LogP) is 1.78. The molecule has 0 atom stereocenters. The largest absolute Gasteiger partial charge is 0.461 e. The number of anilines is 1. The number of nitrogen functional groups attached to an aromatic ring is 1. The van der Waals surface area contributed by atoms with Crippen LogP contribution in [0.5, 0.6) is 0 Å². The van der Waals surface area contributed by atoms with Gasteiger partial charge in [-0.2, -0.15) is 0 Å². The molecule has 7 nitrogen and oxygen atoms in total. The molecule has 0 saturated carbocycles. The Morgan fingerprint density at radius 3 is 2.68 bits per heavy atom. The summed E-state index contributed by atoms with van der Waals surface area (Å²) in [5, 5.41) is 2.72. The van der Waals surface area contributed by atoms with Crippen LogP contribution in [0, 0.1) is 11.8 Å². The zero-order valence-electron chi connectivity index (χ0n) is 13.0. The molecule has 0 aliphatic carbocycles. The molecule has 1 aromatic rings. The molecule has 8 heteroatoms. The normalized spacial score (nSPS) is 10.4. The molecule has 1 rings (SSSR count). The Morgan fingerprint density at radius 2 is 2.09 bits per heavy atom. The highest BCUT2D eigenvalue weighted by Gasteiger charge is 2.17. The number of amides is 1. The molecule has 0 spiro atoms. The van der Waals surface area contributed by atoms with Crippen LogP contribution >= 0.6 is 11.3 Å². The number of thiazole rings is 1. The summed E-state index contributed by atoms with van der Waals surface area (Å²) in [6.45, 7) is 7.32. The molecule has 0 saturated heterocycles. The van der Waals surface area contributed by atoms with Crippen molar-refractivity contribution in [3.63, 3.8) is 0 Å². The summed E-state index contributed by atoms with van der Waals surface area (Å²) >= 11 is 1.09. The molecular weight excluding hydrogens is 306 g/mol. The number of nitrogens with one attached hydrogen (secondary N) is 1. The van der Waals surface area contributed by atoms with Crippen molar-refractivity contribution >= 4 is 28.5 Å². The minimum Gasteiger partial charge on any atom is -0.461 e. The highest BCUT2D eigenvalue weighted by atomic mass is 32.1. The van der Waals surface area contributed by atoms with Crippen molar-refractivity contribution in [3.05, 3.63) is 10.6 Å². The van der Waals surface area contributed by atoms with Crippen molar-refractivity contribution in [2.45, 2.75) is 33.3 Å². The van der Waals surface area contributed by atoms with Gasteiger partial charge in [0.1, 0.15) is 10.5 Å². The van der Waals surface area contributed by atoms with Crippen molar-refractivity contribution in [3.8, 4) is 11.8 Å². The first-order chi connectivity index (χ1) is 10.2. The zero-order valence-corrected chi connectivity index (χ0v) is 13.8. The Labute approximate surface area is 133 Å². The maximum atomic E-state index is 11.7. The summed E-state index contributed by atoms with van der Waals surface area (Å²) in [5.41, 5.74) is 5.10. The third kappa shape index (κ3) is 6.01. The molecule has 1 aromatic heterocycles. The average Bonchev–Trinajstić information content (AvgIpc) is 2.74. The molecule has 0 unspecified atom stereocenters. The molecule has 0 aromatic carbocycles. The van der Waals surface area contributed by atoms with Crippen molar-refractivity contribution < 1.29 is 19.1 Å². The molecule has 0 fully saturated rings. The molecule has 0 aliphatic rings. The van der Waals surface area contributed by atoms with E-state index < -0.39 is 17.7 Å². The Morgan fingerprint density at radius 1 is 1.41 bits per heavy atom. The molecular formula is C14H19N3O4S. The van der Waals surface area contributed by atoms with Gasteiger partial charge in [0.25, 0.3) is 0 Å². The zero-order chi connectivity index (χ0) is 16.8. The van der Waals surface area contributed by atoms with Gasteiger partial charge in [-0.1, -0.05) is 23.2 Å². The van der Waals surface area contributed by atoms with Gasteiger partial charge in [-0.15, -0.1) is 0 Å². The Bertz CT molecular complexity index is 608. The third-order valence-electron chi connectivity index (χ3n) is 2.03. The van der Waals surface area contributed by atoms with E-state index in [4.69, 9.17) is 15.2 Å². The van der Waals surface area contributed by atoms with Crippen LogP contribution < -0.4 is 11.1 Å². The SMILES string of the molecule is CCOC(=O)c1nc(N)sc1C#CCNC(=O)OC(C)(C)C. The number of nitrogens with two attached hydrogens (primary N) is 1. The monoisotopic (exact) mass is 325 g/mol. The maximum absolute atomic E-state index is 11.7. The lowest BCUT2D eigenvalue weighted by atomic mass is 10.2. The quantitative estimate of drug-likeness (QED) is 0.648. The van der Waals surface area contributed by atoms with E-state index in [2.05, 4.69) is 22.1 Å².